The van der Waals surface area contributed by atoms with E-state index >= 15 is 0 Å². The van der Waals surface area contributed by atoms with Gasteiger partial charge in [-0.25, -0.2) is 9.80 Å². The molecule has 2 aromatic heterocycles. The first-order valence-electron chi connectivity index (χ1n) is 7.52. The maximum atomic E-state index is 12.2. The molecular formula is C16H16N4O4S. The summed E-state index contributed by atoms with van der Waals surface area (Å²) >= 11 is 1.48. The van der Waals surface area contributed by atoms with Gasteiger partial charge in [-0.2, -0.15) is 5.10 Å². The summed E-state index contributed by atoms with van der Waals surface area (Å²) in [5.41, 5.74) is -1.32. The zero-order valence-corrected chi connectivity index (χ0v) is 14.2. The molecule has 3 heterocycles. The van der Waals surface area contributed by atoms with Crippen LogP contribution in [0.3, 0.4) is 0 Å². The lowest BCUT2D eigenvalue weighted by atomic mass is 10.0. The largest absolute Gasteiger partial charge is 0.494 e. The van der Waals surface area contributed by atoms with E-state index in [2.05, 4.69) is 16.7 Å². The predicted molar refractivity (Wildman–Crippen MR) is 93.9 cm³/mol. The van der Waals surface area contributed by atoms with Gasteiger partial charge >= 0.3 is 5.69 Å². The van der Waals surface area contributed by atoms with Crippen molar-refractivity contribution in [3.8, 4) is 5.88 Å². The van der Waals surface area contributed by atoms with Crippen molar-refractivity contribution in [3.63, 3.8) is 0 Å². The number of aromatic nitrogens is 2. The molecule has 1 amide bonds. The third-order valence-corrected chi connectivity index (χ3v) is 4.85. The Morgan fingerprint density at radius 1 is 1.56 bits per heavy atom. The first-order chi connectivity index (χ1) is 11.9. The first kappa shape index (κ1) is 16.9. The second kappa shape index (κ2) is 6.52. The van der Waals surface area contributed by atoms with Crippen LogP contribution in [-0.2, 0) is 11.3 Å². The van der Waals surface area contributed by atoms with Gasteiger partial charge in [0.15, 0.2) is 0 Å². The maximum absolute atomic E-state index is 12.2. The van der Waals surface area contributed by atoms with Gasteiger partial charge in [-0.3, -0.25) is 19.1 Å². The third-order valence-electron chi connectivity index (χ3n) is 3.88. The lowest BCUT2D eigenvalue weighted by Gasteiger charge is -2.18. The number of amides is 1. The summed E-state index contributed by atoms with van der Waals surface area (Å²) in [6.45, 7) is 4.94. The van der Waals surface area contributed by atoms with Crippen molar-refractivity contribution in [2.75, 3.05) is 0 Å². The standard InChI is InChI=1S/C16H16N4O4S/c1-3-6-19-15(23)13(14(22)17-16(19)24)10-8-11(12-5-4-7-25-12)20(18-10)9(2)21/h3-5,7,11,23H,1,6,8H2,2H3,(H,17,22,24). The molecule has 8 nitrogen and oxygen atoms in total. The molecular weight excluding hydrogens is 344 g/mol. The summed E-state index contributed by atoms with van der Waals surface area (Å²) in [7, 11) is 0. The maximum Gasteiger partial charge on any atom is 0.331 e. The van der Waals surface area contributed by atoms with E-state index < -0.39 is 17.1 Å². The molecule has 2 aromatic rings. The second-order valence-electron chi connectivity index (χ2n) is 5.50. The molecule has 0 radical (unpaired) electrons. The Hall–Kier alpha value is -2.94. The number of H-pyrrole nitrogens is 1. The monoisotopic (exact) mass is 360 g/mol. The normalized spacial score (nSPS) is 16.8. The van der Waals surface area contributed by atoms with Crippen LogP contribution in [0, 0.1) is 0 Å². The number of hydrogen-bond donors (Lipinski definition) is 2. The van der Waals surface area contributed by atoms with Gasteiger partial charge in [0.05, 0.1) is 11.8 Å². The van der Waals surface area contributed by atoms with Crippen molar-refractivity contribution in [3.05, 3.63) is 61.4 Å². The van der Waals surface area contributed by atoms with Crippen molar-refractivity contribution in [1.82, 2.24) is 14.6 Å². The minimum atomic E-state index is -0.739. The number of allylic oxidation sites excluding steroid dienone is 1. The fourth-order valence-corrected chi connectivity index (χ4v) is 3.58. The van der Waals surface area contributed by atoms with E-state index in [9.17, 15) is 19.5 Å². The third kappa shape index (κ3) is 2.93. The number of carbonyl (C=O) groups is 1. The Bertz CT molecular complexity index is 971. The quantitative estimate of drug-likeness (QED) is 0.798. The number of rotatable bonds is 4. The number of nitrogens with one attached hydrogen (secondary N) is 1. The van der Waals surface area contributed by atoms with Crippen molar-refractivity contribution < 1.29 is 9.90 Å². The van der Waals surface area contributed by atoms with Crippen LogP contribution in [0.4, 0.5) is 0 Å². The van der Waals surface area contributed by atoms with E-state index in [4.69, 9.17) is 0 Å². The van der Waals surface area contributed by atoms with Crippen LogP contribution in [0.5, 0.6) is 5.88 Å². The van der Waals surface area contributed by atoms with E-state index in [0.29, 0.717) is 0 Å². The molecule has 1 unspecified atom stereocenters. The molecule has 0 saturated carbocycles. The van der Waals surface area contributed by atoms with Crippen LogP contribution in [0.1, 0.15) is 29.8 Å². The van der Waals surface area contributed by atoms with E-state index in [1.165, 1.54) is 29.3 Å². The fourth-order valence-electron chi connectivity index (χ4n) is 2.77. The molecule has 0 saturated heterocycles. The molecule has 2 N–H and O–H groups in total. The number of nitrogens with zero attached hydrogens (tertiary/aromatic N) is 3. The molecule has 130 valence electrons. The fraction of sp³-hybridized carbons (Fsp3) is 0.250. The number of carbonyl (C=O) groups excluding carboxylic acids is 1. The van der Waals surface area contributed by atoms with E-state index in [1.54, 1.807) is 0 Å². The number of aromatic amines is 1. The smallest absolute Gasteiger partial charge is 0.331 e. The van der Waals surface area contributed by atoms with Crippen LogP contribution in [0.25, 0.3) is 0 Å². The minimum absolute atomic E-state index is 0.0342. The predicted octanol–water partition coefficient (Wildman–Crippen LogP) is 1.19. The van der Waals surface area contributed by atoms with Crippen LogP contribution in [-0.4, -0.2) is 31.3 Å². The molecule has 1 aliphatic rings. The van der Waals surface area contributed by atoms with E-state index in [1.807, 2.05) is 17.5 Å². The number of aromatic hydroxyl groups is 1. The lowest BCUT2D eigenvalue weighted by molar-refractivity contribution is -0.130. The first-order valence-corrected chi connectivity index (χ1v) is 8.40. The van der Waals surface area contributed by atoms with Crippen LogP contribution < -0.4 is 11.2 Å². The molecule has 0 aromatic carbocycles. The van der Waals surface area contributed by atoms with Crippen molar-refractivity contribution in [2.24, 2.45) is 5.10 Å². The molecule has 9 heteroatoms. The van der Waals surface area contributed by atoms with E-state index in [0.717, 1.165) is 9.44 Å². The van der Waals surface area contributed by atoms with Gasteiger partial charge in [0, 0.05) is 24.8 Å². The van der Waals surface area contributed by atoms with Gasteiger partial charge in [0.2, 0.25) is 11.8 Å². The Labute approximate surface area is 146 Å². The zero-order chi connectivity index (χ0) is 18.1. The molecule has 0 bridgehead atoms. The van der Waals surface area contributed by atoms with Gasteiger partial charge in [0.1, 0.15) is 5.56 Å². The van der Waals surface area contributed by atoms with Gasteiger partial charge in [-0.15, -0.1) is 17.9 Å². The summed E-state index contributed by atoms with van der Waals surface area (Å²) in [6.07, 6.45) is 1.69. The average molecular weight is 360 g/mol. The molecule has 3 rings (SSSR count). The minimum Gasteiger partial charge on any atom is -0.494 e. The number of thiophene rings is 1. The summed E-state index contributed by atoms with van der Waals surface area (Å²) in [4.78, 5) is 39.1. The highest BCUT2D eigenvalue weighted by Gasteiger charge is 2.34. The van der Waals surface area contributed by atoms with Crippen molar-refractivity contribution in [2.45, 2.75) is 25.9 Å². The molecule has 1 aliphatic heterocycles. The summed E-state index contributed by atoms with van der Waals surface area (Å²) in [5.74, 6) is -0.758. The molecule has 1 atom stereocenters. The topological polar surface area (TPSA) is 108 Å². The Kier molecular flexibility index (Phi) is 4.41. The lowest BCUT2D eigenvalue weighted by Crippen LogP contribution is -2.33. The van der Waals surface area contributed by atoms with Crippen LogP contribution in [0.2, 0.25) is 0 Å². The Morgan fingerprint density at radius 3 is 2.92 bits per heavy atom. The van der Waals surface area contributed by atoms with Crippen molar-refractivity contribution >= 4 is 23.0 Å². The van der Waals surface area contributed by atoms with Gasteiger partial charge in [-0.1, -0.05) is 12.1 Å². The highest BCUT2D eigenvalue weighted by molar-refractivity contribution is 7.10. The highest BCUT2D eigenvalue weighted by Crippen LogP contribution is 2.35. The number of hydrazone groups is 1. The average Bonchev–Trinajstić information content (AvgIpc) is 3.20. The van der Waals surface area contributed by atoms with Gasteiger partial charge < -0.3 is 5.11 Å². The summed E-state index contributed by atoms with van der Waals surface area (Å²) in [5, 5.41) is 17.8. The number of hydrogen-bond acceptors (Lipinski definition) is 6. The van der Waals surface area contributed by atoms with Crippen LogP contribution in [0.15, 0.2) is 44.9 Å². The zero-order valence-electron chi connectivity index (χ0n) is 13.4. The summed E-state index contributed by atoms with van der Waals surface area (Å²) < 4.78 is 0.989. The Balaban J connectivity index is 2.11. The van der Waals surface area contributed by atoms with Crippen LogP contribution >= 0.6 is 11.3 Å². The molecule has 0 fully saturated rings. The summed E-state index contributed by atoms with van der Waals surface area (Å²) in [6, 6.07) is 3.41. The molecule has 0 spiro atoms. The van der Waals surface area contributed by atoms with Gasteiger partial charge in [-0.05, 0) is 11.4 Å². The molecule has 0 aliphatic carbocycles. The molecule has 25 heavy (non-hydrogen) atoms. The second-order valence-corrected chi connectivity index (χ2v) is 6.48. The SMILES string of the molecule is C=CCn1c(O)c(C2=NN(C(C)=O)C(c3cccs3)C2)c(=O)[nH]c1=O. The van der Waals surface area contributed by atoms with E-state index in [-0.39, 0.29) is 36.2 Å². The highest BCUT2D eigenvalue weighted by atomic mass is 32.1. The van der Waals surface area contributed by atoms with Crippen molar-refractivity contribution in [1.29, 1.82) is 0 Å². The Morgan fingerprint density at radius 2 is 2.32 bits per heavy atom. The van der Waals surface area contributed by atoms with Gasteiger partial charge in [0.25, 0.3) is 5.56 Å².